The van der Waals surface area contributed by atoms with Gasteiger partial charge >= 0.3 is 6.16 Å². The molecule has 2 atom stereocenters. The molecule has 0 aliphatic rings. The molecule has 0 spiro atoms. The van der Waals surface area contributed by atoms with E-state index in [4.69, 9.17) is 19.6 Å². The molecule has 5 heteroatoms. The quantitative estimate of drug-likeness (QED) is 0.161. The molecule has 0 saturated heterocycles. The molecular weight excluding hydrogens is 332 g/mol. The van der Waals surface area contributed by atoms with Gasteiger partial charge in [-0.15, -0.1) is 0 Å². The Morgan fingerprint density at radius 2 is 1.04 bits per heavy atom. The number of carbonyl (C=O) groups is 1. The first-order chi connectivity index (χ1) is 12.3. The molecular formula is C21H42O5. The summed E-state index contributed by atoms with van der Waals surface area (Å²) in [6.07, 6.45) is 11.5. The van der Waals surface area contributed by atoms with E-state index in [1.165, 1.54) is 25.7 Å². The van der Waals surface area contributed by atoms with Gasteiger partial charge in [0.25, 0.3) is 0 Å². The van der Waals surface area contributed by atoms with Gasteiger partial charge in [-0.3, -0.25) is 9.78 Å². The highest BCUT2D eigenvalue weighted by molar-refractivity contribution is 5.58. The minimum absolute atomic E-state index is 0.485. The van der Waals surface area contributed by atoms with Crippen molar-refractivity contribution in [2.45, 2.75) is 130 Å². The average Bonchev–Trinajstić information content (AvgIpc) is 2.65. The van der Waals surface area contributed by atoms with Gasteiger partial charge in [0.2, 0.25) is 0 Å². The Hall–Kier alpha value is -0.810. The average molecular weight is 375 g/mol. The van der Waals surface area contributed by atoms with E-state index in [0.29, 0.717) is 0 Å². The Morgan fingerprint density at radius 1 is 0.654 bits per heavy atom. The highest BCUT2D eigenvalue weighted by Crippen LogP contribution is 2.26. The number of hydrogen-bond acceptors (Lipinski definition) is 5. The molecule has 2 unspecified atom stereocenters. The molecule has 0 aromatic rings. The van der Waals surface area contributed by atoms with E-state index in [0.717, 1.165) is 51.4 Å². The van der Waals surface area contributed by atoms with Gasteiger partial charge in [0.1, 0.15) is 11.2 Å². The highest BCUT2D eigenvalue weighted by atomic mass is 17.3. The largest absolute Gasteiger partial charge is 0.573 e. The summed E-state index contributed by atoms with van der Waals surface area (Å²) in [6, 6.07) is 0. The van der Waals surface area contributed by atoms with Crippen LogP contribution in [0.25, 0.3) is 0 Å². The second-order valence-electron chi connectivity index (χ2n) is 7.81. The second-order valence-corrected chi connectivity index (χ2v) is 7.81. The molecule has 0 amide bonds. The van der Waals surface area contributed by atoms with Crippen molar-refractivity contribution < 1.29 is 24.3 Å². The first kappa shape index (κ1) is 25.2. The first-order valence-corrected chi connectivity index (χ1v) is 10.6. The summed E-state index contributed by atoms with van der Waals surface area (Å²) in [4.78, 5) is 32.3. The fraction of sp³-hybridized carbons (Fsp3) is 0.952. The van der Waals surface area contributed by atoms with E-state index in [1.54, 1.807) is 0 Å². The third-order valence-electron chi connectivity index (χ3n) is 5.24. The maximum absolute atomic E-state index is 11.8. The van der Waals surface area contributed by atoms with Crippen molar-refractivity contribution in [3.63, 3.8) is 0 Å². The lowest BCUT2D eigenvalue weighted by atomic mass is 9.95. The summed E-state index contributed by atoms with van der Waals surface area (Å²) in [5.74, 6) is 0. The lowest BCUT2D eigenvalue weighted by Crippen LogP contribution is -2.32. The molecule has 0 aliphatic carbocycles. The van der Waals surface area contributed by atoms with Crippen molar-refractivity contribution in [3.8, 4) is 0 Å². The zero-order valence-electron chi connectivity index (χ0n) is 18.0. The predicted octanol–water partition coefficient (Wildman–Crippen LogP) is 7.28. The monoisotopic (exact) mass is 374 g/mol. The van der Waals surface area contributed by atoms with Crippen LogP contribution in [-0.4, -0.2) is 17.4 Å². The molecule has 0 N–H and O–H groups in total. The normalized spacial score (nSPS) is 15.9. The van der Waals surface area contributed by atoms with Crippen molar-refractivity contribution >= 4 is 6.16 Å². The Morgan fingerprint density at radius 3 is 1.35 bits per heavy atom. The van der Waals surface area contributed by atoms with Gasteiger partial charge in [0.05, 0.1) is 0 Å². The van der Waals surface area contributed by atoms with Crippen LogP contribution in [-0.2, 0) is 19.6 Å². The maximum Gasteiger partial charge on any atom is 0.573 e. The summed E-state index contributed by atoms with van der Waals surface area (Å²) >= 11 is 0. The lowest BCUT2D eigenvalue weighted by Gasteiger charge is -2.27. The van der Waals surface area contributed by atoms with Gasteiger partial charge in [0.15, 0.2) is 0 Å². The zero-order valence-corrected chi connectivity index (χ0v) is 18.0. The van der Waals surface area contributed by atoms with Crippen LogP contribution in [0.5, 0.6) is 0 Å². The van der Waals surface area contributed by atoms with Crippen LogP contribution in [0.2, 0.25) is 0 Å². The molecule has 0 radical (unpaired) electrons. The van der Waals surface area contributed by atoms with Crippen LogP contribution < -0.4 is 0 Å². The van der Waals surface area contributed by atoms with Gasteiger partial charge in [0, 0.05) is 0 Å². The van der Waals surface area contributed by atoms with Crippen molar-refractivity contribution in [1.29, 1.82) is 0 Å². The number of carbonyl (C=O) groups excluding carboxylic acids is 1. The summed E-state index contributed by atoms with van der Waals surface area (Å²) < 4.78 is 0. The number of hydrogen-bond donors (Lipinski definition) is 0. The molecule has 0 rings (SSSR count). The van der Waals surface area contributed by atoms with Crippen molar-refractivity contribution in [2.24, 2.45) is 0 Å². The van der Waals surface area contributed by atoms with Crippen LogP contribution in [0.3, 0.4) is 0 Å². The molecule has 0 aromatic heterocycles. The smallest absolute Gasteiger partial charge is 0.257 e. The third kappa shape index (κ3) is 11.7. The SMILES string of the molecule is CCCCCCC(C)(CC)OOC(=O)OOC(C)(CC)CCCCCC. The molecule has 0 fully saturated rings. The van der Waals surface area contributed by atoms with Crippen LogP contribution in [0.4, 0.5) is 4.79 Å². The maximum atomic E-state index is 11.8. The summed E-state index contributed by atoms with van der Waals surface area (Å²) in [7, 11) is 0. The Balaban J connectivity index is 4.20. The molecule has 0 bridgehead atoms. The van der Waals surface area contributed by atoms with Gasteiger partial charge in [-0.25, -0.2) is 0 Å². The van der Waals surface area contributed by atoms with E-state index in [2.05, 4.69) is 13.8 Å². The molecule has 0 aromatic carbocycles. The Kier molecular flexibility index (Phi) is 13.8. The molecule has 156 valence electrons. The Labute approximate surface area is 161 Å². The van der Waals surface area contributed by atoms with E-state index >= 15 is 0 Å². The van der Waals surface area contributed by atoms with Crippen LogP contribution >= 0.6 is 0 Å². The second kappa shape index (κ2) is 14.3. The Bertz CT molecular complexity index is 328. The molecule has 5 nitrogen and oxygen atoms in total. The van der Waals surface area contributed by atoms with E-state index in [9.17, 15) is 4.79 Å². The van der Waals surface area contributed by atoms with E-state index < -0.39 is 17.4 Å². The van der Waals surface area contributed by atoms with E-state index in [-0.39, 0.29) is 0 Å². The first-order valence-electron chi connectivity index (χ1n) is 10.6. The van der Waals surface area contributed by atoms with Gasteiger partial charge in [-0.2, -0.15) is 14.6 Å². The van der Waals surface area contributed by atoms with E-state index in [1.807, 2.05) is 27.7 Å². The standard InChI is InChI=1S/C21H42O5/c1-7-11-13-15-17-20(5,9-3)25-23-19(22)24-26-21(6,10-4)18-16-14-12-8-2/h7-18H2,1-6H3. The van der Waals surface area contributed by atoms with Gasteiger partial charge in [-0.05, 0) is 39.5 Å². The van der Waals surface area contributed by atoms with Gasteiger partial charge < -0.3 is 0 Å². The van der Waals surface area contributed by atoms with Crippen LogP contribution in [0.15, 0.2) is 0 Å². The molecule has 26 heavy (non-hydrogen) atoms. The van der Waals surface area contributed by atoms with Crippen molar-refractivity contribution in [2.75, 3.05) is 0 Å². The molecule has 0 aliphatic heterocycles. The van der Waals surface area contributed by atoms with Crippen LogP contribution in [0, 0.1) is 0 Å². The summed E-state index contributed by atoms with van der Waals surface area (Å²) in [5.41, 5.74) is -0.970. The fourth-order valence-electron chi connectivity index (χ4n) is 2.69. The van der Waals surface area contributed by atoms with Crippen LogP contribution in [0.1, 0.15) is 119 Å². The predicted molar refractivity (Wildman–Crippen MR) is 105 cm³/mol. The van der Waals surface area contributed by atoms with Crippen molar-refractivity contribution in [1.82, 2.24) is 0 Å². The van der Waals surface area contributed by atoms with Gasteiger partial charge in [-0.1, -0.05) is 79.1 Å². The number of unbranched alkanes of at least 4 members (excludes halogenated alkanes) is 6. The number of rotatable bonds is 16. The minimum atomic E-state index is -0.938. The zero-order chi connectivity index (χ0) is 19.9. The fourth-order valence-corrected chi connectivity index (χ4v) is 2.69. The molecule has 0 saturated carbocycles. The molecule has 0 heterocycles. The lowest BCUT2D eigenvalue weighted by molar-refractivity contribution is -0.380. The summed E-state index contributed by atoms with van der Waals surface area (Å²) in [5, 5.41) is 0. The minimum Gasteiger partial charge on any atom is -0.257 e. The third-order valence-corrected chi connectivity index (χ3v) is 5.24. The highest BCUT2D eigenvalue weighted by Gasteiger charge is 2.29. The summed E-state index contributed by atoms with van der Waals surface area (Å²) in [6.45, 7) is 12.3. The van der Waals surface area contributed by atoms with Crippen molar-refractivity contribution in [3.05, 3.63) is 0 Å². The topological polar surface area (TPSA) is 54.0 Å².